The summed E-state index contributed by atoms with van der Waals surface area (Å²) in [4.78, 5) is 14.1. The highest BCUT2D eigenvalue weighted by Gasteiger charge is 2.28. The zero-order valence-corrected chi connectivity index (χ0v) is 12.1. The first kappa shape index (κ1) is 14.8. The fourth-order valence-electron chi connectivity index (χ4n) is 2.36. The van der Waals surface area contributed by atoms with Crippen LogP contribution in [0.15, 0.2) is 30.3 Å². The molecule has 110 valence electrons. The molecule has 1 heterocycles. The van der Waals surface area contributed by atoms with Gasteiger partial charge >= 0.3 is 0 Å². The first-order chi connectivity index (χ1) is 9.70. The van der Waals surface area contributed by atoms with E-state index in [4.69, 9.17) is 4.74 Å². The number of nitrogens with one attached hydrogen (secondary N) is 2. The van der Waals surface area contributed by atoms with Gasteiger partial charge in [0.2, 0.25) is 5.91 Å². The maximum absolute atomic E-state index is 12.0. The van der Waals surface area contributed by atoms with E-state index in [1.54, 1.807) is 7.11 Å². The van der Waals surface area contributed by atoms with E-state index in [9.17, 15) is 4.79 Å². The molecular formula is C15H23N3O2. The number of carbonyl (C=O) groups is 1. The van der Waals surface area contributed by atoms with E-state index in [0.717, 1.165) is 25.2 Å². The van der Waals surface area contributed by atoms with Crippen molar-refractivity contribution >= 4 is 11.6 Å². The van der Waals surface area contributed by atoms with Crippen molar-refractivity contribution in [3.8, 4) is 0 Å². The first-order valence-electron chi connectivity index (χ1n) is 7.01. The van der Waals surface area contributed by atoms with Crippen molar-refractivity contribution < 1.29 is 9.53 Å². The fraction of sp³-hybridized carbons (Fsp3) is 0.533. The number of hydrogen-bond donors (Lipinski definition) is 2. The largest absolute Gasteiger partial charge is 0.380 e. The molecule has 0 bridgehead atoms. The van der Waals surface area contributed by atoms with E-state index in [0.29, 0.717) is 6.54 Å². The van der Waals surface area contributed by atoms with Crippen LogP contribution in [0, 0.1) is 0 Å². The molecule has 0 aromatic heterocycles. The van der Waals surface area contributed by atoms with Crippen LogP contribution >= 0.6 is 0 Å². The van der Waals surface area contributed by atoms with Crippen molar-refractivity contribution in [3.05, 3.63) is 30.3 Å². The summed E-state index contributed by atoms with van der Waals surface area (Å²) in [6.45, 7) is 2.18. The van der Waals surface area contributed by atoms with Crippen LogP contribution in [0.25, 0.3) is 0 Å². The van der Waals surface area contributed by atoms with Gasteiger partial charge in [-0.15, -0.1) is 0 Å². The lowest BCUT2D eigenvalue weighted by atomic mass is 10.2. The number of carbonyl (C=O) groups excluding carboxylic acids is 1. The molecule has 5 heteroatoms. The average Bonchev–Trinajstić information content (AvgIpc) is 2.97. The molecule has 2 unspecified atom stereocenters. The highest BCUT2D eigenvalue weighted by molar-refractivity contribution is 5.82. The van der Waals surface area contributed by atoms with E-state index >= 15 is 0 Å². The van der Waals surface area contributed by atoms with Crippen LogP contribution in [0.1, 0.15) is 6.42 Å². The number of methoxy groups -OCH3 is 1. The molecule has 1 aliphatic heterocycles. The predicted molar refractivity (Wildman–Crippen MR) is 79.9 cm³/mol. The monoisotopic (exact) mass is 277 g/mol. The second-order valence-electron chi connectivity index (χ2n) is 5.10. The van der Waals surface area contributed by atoms with Gasteiger partial charge in [0.05, 0.1) is 12.1 Å². The molecule has 1 fully saturated rings. The van der Waals surface area contributed by atoms with Gasteiger partial charge in [-0.3, -0.25) is 4.79 Å². The Morgan fingerprint density at radius 1 is 1.45 bits per heavy atom. The summed E-state index contributed by atoms with van der Waals surface area (Å²) < 4.78 is 5.24. The predicted octanol–water partition coefficient (Wildman–Crippen LogP) is 0.616. The van der Waals surface area contributed by atoms with Crippen LogP contribution in [0.3, 0.4) is 0 Å². The molecule has 5 nitrogen and oxygen atoms in total. The summed E-state index contributed by atoms with van der Waals surface area (Å²) >= 11 is 0. The minimum absolute atomic E-state index is 0.0611. The van der Waals surface area contributed by atoms with Crippen LogP contribution in [0.2, 0.25) is 0 Å². The van der Waals surface area contributed by atoms with Gasteiger partial charge in [0.1, 0.15) is 0 Å². The number of benzene rings is 1. The molecule has 1 saturated heterocycles. The van der Waals surface area contributed by atoms with Crippen LogP contribution in [-0.4, -0.2) is 51.8 Å². The molecule has 1 aromatic carbocycles. The second-order valence-corrected chi connectivity index (χ2v) is 5.10. The standard InChI is InChI=1S/C15H23N3O2/c1-18(12-6-4-3-5-7-12)9-8-16-15(19)14-10-13(20-2)11-17-14/h3-7,13-14,17H,8-11H2,1-2H3,(H,16,19). The smallest absolute Gasteiger partial charge is 0.237 e. The van der Waals surface area contributed by atoms with Crippen molar-refractivity contribution in [2.24, 2.45) is 0 Å². The number of hydrogen-bond acceptors (Lipinski definition) is 4. The van der Waals surface area contributed by atoms with Crippen LogP contribution in [0.4, 0.5) is 5.69 Å². The number of amides is 1. The molecule has 20 heavy (non-hydrogen) atoms. The number of rotatable bonds is 6. The molecule has 2 N–H and O–H groups in total. The molecule has 1 aromatic rings. The summed E-state index contributed by atoms with van der Waals surface area (Å²) in [7, 11) is 3.71. The lowest BCUT2D eigenvalue weighted by Gasteiger charge is -2.20. The molecule has 1 amide bonds. The van der Waals surface area contributed by atoms with E-state index in [1.165, 1.54) is 0 Å². The highest BCUT2D eigenvalue weighted by atomic mass is 16.5. The lowest BCUT2D eigenvalue weighted by Crippen LogP contribution is -2.43. The average molecular weight is 277 g/mol. The third-order valence-electron chi connectivity index (χ3n) is 3.68. The Bertz CT molecular complexity index is 424. The lowest BCUT2D eigenvalue weighted by molar-refractivity contribution is -0.122. The topological polar surface area (TPSA) is 53.6 Å². The Morgan fingerprint density at radius 2 is 2.20 bits per heavy atom. The fourth-order valence-corrected chi connectivity index (χ4v) is 2.36. The van der Waals surface area contributed by atoms with Gasteiger partial charge < -0.3 is 20.3 Å². The Kier molecular flexibility index (Phi) is 5.38. The van der Waals surface area contributed by atoms with Crippen LogP contribution in [0.5, 0.6) is 0 Å². The second kappa shape index (κ2) is 7.26. The summed E-state index contributed by atoms with van der Waals surface area (Å²) in [5.74, 6) is 0.0611. The molecule has 0 spiro atoms. The Labute approximate surface area is 120 Å². The zero-order chi connectivity index (χ0) is 14.4. The summed E-state index contributed by atoms with van der Waals surface area (Å²) in [5.41, 5.74) is 1.15. The van der Waals surface area contributed by atoms with Crippen molar-refractivity contribution in [1.82, 2.24) is 10.6 Å². The van der Waals surface area contributed by atoms with Gasteiger partial charge in [-0.2, -0.15) is 0 Å². The molecule has 2 atom stereocenters. The van der Waals surface area contributed by atoms with E-state index < -0.39 is 0 Å². The van der Waals surface area contributed by atoms with Gasteiger partial charge in [-0.1, -0.05) is 18.2 Å². The number of para-hydroxylation sites is 1. The van der Waals surface area contributed by atoms with Crippen molar-refractivity contribution in [3.63, 3.8) is 0 Å². The number of ether oxygens (including phenoxy) is 1. The zero-order valence-electron chi connectivity index (χ0n) is 12.1. The first-order valence-corrected chi connectivity index (χ1v) is 7.01. The number of nitrogens with zero attached hydrogens (tertiary/aromatic N) is 1. The Balaban J connectivity index is 1.69. The van der Waals surface area contributed by atoms with Gasteiger partial charge in [-0.05, 0) is 18.6 Å². The van der Waals surface area contributed by atoms with E-state index in [-0.39, 0.29) is 18.1 Å². The summed E-state index contributed by atoms with van der Waals surface area (Å²) in [6.07, 6.45) is 0.898. The van der Waals surface area contributed by atoms with Crippen molar-refractivity contribution in [2.45, 2.75) is 18.6 Å². The van der Waals surface area contributed by atoms with Crippen molar-refractivity contribution in [1.29, 1.82) is 0 Å². The number of anilines is 1. The molecular weight excluding hydrogens is 254 g/mol. The molecule has 2 rings (SSSR count). The minimum atomic E-state index is -0.123. The van der Waals surface area contributed by atoms with Crippen LogP contribution in [-0.2, 0) is 9.53 Å². The molecule has 0 saturated carbocycles. The molecule has 0 aliphatic carbocycles. The third kappa shape index (κ3) is 3.95. The van der Waals surface area contributed by atoms with Gasteiger partial charge in [0.15, 0.2) is 0 Å². The van der Waals surface area contributed by atoms with Gasteiger partial charge in [0.25, 0.3) is 0 Å². The quantitative estimate of drug-likeness (QED) is 0.800. The van der Waals surface area contributed by atoms with Gasteiger partial charge in [0, 0.05) is 39.5 Å². The van der Waals surface area contributed by atoms with Crippen LogP contribution < -0.4 is 15.5 Å². The maximum atomic E-state index is 12.0. The highest BCUT2D eigenvalue weighted by Crippen LogP contribution is 2.11. The van der Waals surface area contributed by atoms with Gasteiger partial charge in [-0.25, -0.2) is 0 Å². The summed E-state index contributed by atoms with van der Waals surface area (Å²) in [6, 6.07) is 10.0. The minimum Gasteiger partial charge on any atom is -0.380 e. The maximum Gasteiger partial charge on any atom is 0.237 e. The Morgan fingerprint density at radius 3 is 2.85 bits per heavy atom. The normalized spacial score (nSPS) is 21.7. The summed E-state index contributed by atoms with van der Waals surface area (Å²) in [5, 5.41) is 6.15. The molecule has 1 aliphatic rings. The number of likely N-dealkylation sites (N-methyl/N-ethyl adjacent to an activating group) is 1. The van der Waals surface area contributed by atoms with E-state index in [2.05, 4.69) is 27.7 Å². The SMILES string of the molecule is COC1CNC(C(=O)NCCN(C)c2ccccc2)C1. The Hall–Kier alpha value is -1.59. The molecule has 0 radical (unpaired) electrons. The van der Waals surface area contributed by atoms with E-state index in [1.807, 2.05) is 25.2 Å². The third-order valence-corrected chi connectivity index (χ3v) is 3.68. The van der Waals surface area contributed by atoms with Crippen molar-refractivity contribution in [2.75, 3.05) is 38.7 Å².